The van der Waals surface area contributed by atoms with Gasteiger partial charge in [0.15, 0.2) is 5.58 Å². The van der Waals surface area contributed by atoms with Crippen molar-refractivity contribution in [1.29, 1.82) is 0 Å². The van der Waals surface area contributed by atoms with E-state index in [1.807, 2.05) is 0 Å². The lowest BCUT2D eigenvalue weighted by Gasteiger charge is -2.08. The van der Waals surface area contributed by atoms with Gasteiger partial charge < -0.3 is 8.98 Å². The summed E-state index contributed by atoms with van der Waals surface area (Å²) in [5, 5.41) is 2.54. The topological polar surface area (TPSA) is 31.0 Å². The summed E-state index contributed by atoms with van der Waals surface area (Å²) in [6.45, 7) is 4.34. The van der Waals surface area contributed by atoms with Crippen LogP contribution in [0.3, 0.4) is 0 Å². The maximum Gasteiger partial charge on any atom is 0.227 e. The molecule has 0 aliphatic rings. The van der Waals surface area contributed by atoms with E-state index < -0.39 is 0 Å². The van der Waals surface area contributed by atoms with Gasteiger partial charge in [-0.05, 0) is 66.4 Å². The Morgan fingerprint density at radius 1 is 0.750 bits per heavy atom. The highest BCUT2D eigenvalue weighted by molar-refractivity contribution is 6.09. The van der Waals surface area contributed by atoms with Crippen molar-refractivity contribution in [3.05, 3.63) is 96.1 Å². The number of aromatic nitrogens is 2. The van der Waals surface area contributed by atoms with Crippen molar-refractivity contribution in [2.75, 3.05) is 0 Å². The highest BCUT2D eigenvalue weighted by Gasteiger charge is 2.14. The maximum absolute atomic E-state index is 6.23. The zero-order valence-electron chi connectivity index (χ0n) is 18.3. The number of fused-ring (bicyclic) bond motifs is 4. The first kappa shape index (κ1) is 18.9. The monoisotopic (exact) mass is 416 g/mol. The van der Waals surface area contributed by atoms with E-state index in [1.165, 1.54) is 32.9 Å². The summed E-state index contributed by atoms with van der Waals surface area (Å²) in [7, 11) is 0. The molecule has 0 aliphatic heterocycles. The zero-order valence-corrected chi connectivity index (χ0v) is 18.3. The lowest BCUT2D eigenvalue weighted by atomic mass is 10.1. The summed E-state index contributed by atoms with van der Waals surface area (Å²) < 4.78 is 8.55. The molecular formula is C29H24N2O. The van der Waals surface area contributed by atoms with Gasteiger partial charge in [-0.1, -0.05) is 56.3 Å². The number of benzene rings is 4. The summed E-state index contributed by atoms with van der Waals surface area (Å²) in [6, 6.07) is 30.1. The Hall–Kier alpha value is -3.85. The number of aryl methyl sites for hydroxylation is 2. The average molecular weight is 417 g/mol. The molecule has 6 aromatic rings. The SMILES string of the molecule is CCc1cc(CC)c2oc(-c3ccc(-n4c5ccccc5c5ccccc54)cc3)nc2c1. The summed E-state index contributed by atoms with van der Waals surface area (Å²) in [6.07, 6.45) is 1.93. The van der Waals surface area contributed by atoms with Crippen LogP contribution in [0.2, 0.25) is 0 Å². The fourth-order valence-electron chi connectivity index (χ4n) is 4.71. The summed E-state index contributed by atoms with van der Waals surface area (Å²) >= 11 is 0. The molecule has 0 saturated carbocycles. The van der Waals surface area contributed by atoms with Crippen molar-refractivity contribution in [3.8, 4) is 17.1 Å². The molecule has 0 fully saturated rings. The molecule has 0 aliphatic carbocycles. The third-order valence-electron chi connectivity index (χ3n) is 6.37. The highest BCUT2D eigenvalue weighted by Crippen LogP contribution is 2.33. The highest BCUT2D eigenvalue weighted by atomic mass is 16.3. The fourth-order valence-corrected chi connectivity index (χ4v) is 4.71. The first-order valence-electron chi connectivity index (χ1n) is 11.3. The van der Waals surface area contributed by atoms with Gasteiger partial charge in [-0.15, -0.1) is 0 Å². The molecule has 0 atom stereocenters. The molecule has 156 valence electrons. The average Bonchev–Trinajstić information content (AvgIpc) is 3.43. The Kier molecular flexibility index (Phi) is 4.36. The van der Waals surface area contributed by atoms with E-state index in [-0.39, 0.29) is 0 Å². The summed E-state index contributed by atoms with van der Waals surface area (Å²) in [5.41, 5.74) is 8.92. The molecule has 3 heteroatoms. The van der Waals surface area contributed by atoms with E-state index in [0.717, 1.165) is 35.2 Å². The van der Waals surface area contributed by atoms with Crippen LogP contribution in [0.15, 0.2) is 89.3 Å². The van der Waals surface area contributed by atoms with Gasteiger partial charge in [-0.25, -0.2) is 4.98 Å². The minimum Gasteiger partial charge on any atom is -0.436 e. The van der Waals surface area contributed by atoms with Gasteiger partial charge in [0.25, 0.3) is 0 Å². The smallest absolute Gasteiger partial charge is 0.227 e. The van der Waals surface area contributed by atoms with E-state index in [2.05, 4.69) is 103 Å². The van der Waals surface area contributed by atoms with Crippen LogP contribution >= 0.6 is 0 Å². The Labute approximate surface area is 186 Å². The van der Waals surface area contributed by atoms with Crippen LogP contribution in [0.1, 0.15) is 25.0 Å². The van der Waals surface area contributed by atoms with Crippen LogP contribution in [0, 0.1) is 0 Å². The zero-order chi connectivity index (χ0) is 21.7. The predicted molar refractivity (Wildman–Crippen MR) is 133 cm³/mol. The number of hydrogen-bond donors (Lipinski definition) is 0. The van der Waals surface area contributed by atoms with Gasteiger partial charge in [0, 0.05) is 22.0 Å². The van der Waals surface area contributed by atoms with Crippen LogP contribution in [0.4, 0.5) is 0 Å². The molecular weight excluding hydrogens is 392 g/mol. The van der Waals surface area contributed by atoms with E-state index in [4.69, 9.17) is 9.40 Å². The number of para-hydroxylation sites is 2. The molecule has 0 bridgehead atoms. The molecule has 0 N–H and O–H groups in total. The standard InChI is InChI=1S/C29H24N2O/c1-3-19-17-20(4-2)28-25(18-19)30-29(32-28)21-13-15-22(16-14-21)31-26-11-7-5-9-23(26)24-10-6-8-12-27(24)31/h5-18H,3-4H2,1-2H3. The second kappa shape index (κ2) is 7.38. The molecule has 0 amide bonds. The van der Waals surface area contributed by atoms with Crippen molar-refractivity contribution in [2.45, 2.75) is 26.7 Å². The van der Waals surface area contributed by atoms with Crippen molar-refractivity contribution >= 4 is 32.9 Å². The third-order valence-corrected chi connectivity index (χ3v) is 6.37. The van der Waals surface area contributed by atoms with Gasteiger partial charge in [0.2, 0.25) is 5.89 Å². The van der Waals surface area contributed by atoms with Gasteiger partial charge in [0.05, 0.1) is 11.0 Å². The lowest BCUT2D eigenvalue weighted by Crippen LogP contribution is -1.93. The van der Waals surface area contributed by atoms with Crippen LogP contribution in [0.25, 0.3) is 50.0 Å². The predicted octanol–water partition coefficient (Wildman–Crippen LogP) is 7.72. The number of hydrogen-bond acceptors (Lipinski definition) is 2. The van der Waals surface area contributed by atoms with Gasteiger partial charge in [-0.3, -0.25) is 0 Å². The minimum absolute atomic E-state index is 0.678. The van der Waals surface area contributed by atoms with Gasteiger partial charge in [0.1, 0.15) is 5.52 Å². The second-order valence-electron chi connectivity index (χ2n) is 8.25. The molecule has 3 nitrogen and oxygen atoms in total. The quantitative estimate of drug-likeness (QED) is 0.294. The molecule has 6 rings (SSSR count). The number of nitrogens with zero attached hydrogens (tertiary/aromatic N) is 2. The minimum atomic E-state index is 0.678. The Bertz CT molecular complexity index is 1530. The van der Waals surface area contributed by atoms with E-state index in [0.29, 0.717) is 5.89 Å². The van der Waals surface area contributed by atoms with Crippen molar-refractivity contribution < 1.29 is 4.42 Å². The van der Waals surface area contributed by atoms with E-state index in [9.17, 15) is 0 Å². The second-order valence-corrected chi connectivity index (χ2v) is 8.25. The number of rotatable bonds is 4. The summed E-state index contributed by atoms with van der Waals surface area (Å²) in [4.78, 5) is 4.82. The maximum atomic E-state index is 6.23. The molecule has 2 heterocycles. The molecule has 0 saturated heterocycles. The third kappa shape index (κ3) is 2.85. The Morgan fingerprint density at radius 3 is 2.03 bits per heavy atom. The van der Waals surface area contributed by atoms with Crippen molar-refractivity contribution in [3.63, 3.8) is 0 Å². The van der Waals surface area contributed by atoms with E-state index in [1.54, 1.807) is 0 Å². The van der Waals surface area contributed by atoms with E-state index >= 15 is 0 Å². The fraction of sp³-hybridized carbons (Fsp3) is 0.138. The molecule has 0 spiro atoms. The normalized spacial score (nSPS) is 11.7. The molecule has 0 radical (unpaired) electrons. The molecule has 4 aromatic carbocycles. The molecule has 2 aromatic heterocycles. The lowest BCUT2D eigenvalue weighted by molar-refractivity contribution is 0.615. The van der Waals surface area contributed by atoms with Gasteiger partial charge >= 0.3 is 0 Å². The van der Waals surface area contributed by atoms with Gasteiger partial charge in [-0.2, -0.15) is 0 Å². The summed E-state index contributed by atoms with van der Waals surface area (Å²) in [5.74, 6) is 0.678. The Balaban J connectivity index is 1.47. The van der Waals surface area contributed by atoms with Crippen molar-refractivity contribution in [2.24, 2.45) is 0 Å². The van der Waals surface area contributed by atoms with Crippen molar-refractivity contribution in [1.82, 2.24) is 9.55 Å². The van der Waals surface area contributed by atoms with Crippen LogP contribution in [0.5, 0.6) is 0 Å². The first-order valence-corrected chi connectivity index (χ1v) is 11.3. The van der Waals surface area contributed by atoms with Crippen LogP contribution < -0.4 is 0 Å². The number of oxazole rings is 1. The Morgan fingerprint density at radius 2 is 1.41 bits per heavy atom. The van der Waals surface area contributed by atoms with Crippen LogP contribution in [-0.4, -0.2) is 9.55 Å². The van der Waals surface area contributed by atoms with Crippen LogP contribution in [-0.2, 0) is 12.8 Å². The molecule has 0 unspecified atom stereocenters. The molecule has 32 heavy (non-hydrogen) atoms. The first-order chi connectivity index (χ1) is 15.8. The largest absolute Gasteiger partial charge is 0.436 e.